The molecule has 1 fully saturated rings. The Labute approximate surface area is 136 Å². The number of hydrogen-bond acceptors (Lipinski definition) is 3. The molecule has 2 aromatic rings. The minimum Gasteiger partial charge on any atom is -0.353 e. The predicted molar refractivity (Wildman–Crippen MR) is 89.9 cm³/mol. The van der Waals surface area contributed by atoms with Crippen LogP contribution in [0.4, 0.5) is 0 Å². The molecule has 0 unspecified atom stereocenters. The number of nitrogens with two attached hydrogens (primary N) is 1. The van der Waals surface area contributed by atoms with Crippen LogP contribution < -0.4 is 11.1 Å². The van der Waals surface area contributed by atoms with E-state index in [4.69, 9.17) is 5.73 Å². The third-order valence-corrected chi connectivity index (χ3v) is 4.99. The molecule has 1 saturated heterocycles. The molecule has 0 aliphatic carbocycles. The third-order valence-electron chi connectivity index (χ3n) is 4.99. The Kier molecular flexibility index (Phi) is 3.63. The van der Waals surface area contributed by atoms with E-state index < -0.39 is 0 Å². The largest absolute Gasteiger partial charge is 0.353 e. The summed E-state index contributed by atoms with van der Waals surface area (Å²) in [5, 5.41) is 3.00. The average Bonchev–Trinajstić information content (AvgIpc) is 2.61. The zero-order valence-electron chi connectivity index (χ0n) is 13.0. The van der Waals surface area contributed by atoms with Crippen LogP contribution in [-0.4, -0.2) is 30.4 Å². The van der Waals surface area contributed by atoms with E-state index in [1.54, 1.807) is 0 Å². The Morgan fingerprint density at radius 3 is 2.74 bits per heavy atom. The van der Waals surface area contributed by atoms with Gasteiger partial charge in [0, 0.05) is 32.1 Å². The van der Waals surface area contributed by atoms with E-state index >= 15 is 0 Å². The van der Waals surface area contributed by atoms with Crippen LogP contribution in [0.2, 0.25) is 0 Å². The molecular weight excluding hydrogens is 286 g/mol. The third kappa shape index (κ3) is 2.44. The molecule has 23 heavy (non-hydrogen) atoms. The molecule has 118 valence electrons. The topological polar surface area (TPSA) is 58.4 Å². The summed E-state index contributed by atoms with van der Waals surface area (Å²) in [6, 6.07) is 16.8. The molecular formula is C19H21N3O. The molecule has 2 aromatic carbocycles. The lowest BCUT2D eigenvalue weighted by atomic mass is 9.80. The van der Waals surface area contributed by atoms with Crippen molar-refractivity contribution in [2.45, 2.75) is 18.5 Å². The van der Waals surface area contributed by atoms with Crippen molar-refractivity contribution in [3.05, 3.63) is 70.8 Å². The van der Waals surface area contributed by atoms with Gasteiger partial charge in [-0.25, -0.2) is 0 Å². The molecule has 4 nitrogen and oxygen atoms in total. The van der Waals surface area contributed by atoms with Gasteiger partial charge in [0.2, 0.25) is 5.91 Å². The minimum absolute atomic E-state index is 0.109. The molecule has 0 spiro atoms. The van der Waals surface area contributed by atoms with E-state index in [1.807, 2.05) is 6.07 Å². The number of piperazine rings is 1. The summed E-state index contributed by atoms with van der Waals surface area (Å²) >= 11 is 0. The summed E-state index contributed by atoms with van der Waals surface area (Å²) in [6.45, 7) is 3.00. The van der Waals surface area contributed by atoms with Gasteiger partial charge >= 0.3 is 0 Å². The molecule has 0 bridgehead atoms. The van der Waals surface area contributed by atoms with Crippen LogP contribution >= 0.6 is 0 Å². The molecule has 2 aliphatic rings. The summed E-state index contributed by atoms with van der Waals surface area (Å²) in [5.41, 5.74) is 10.6. The molecule has 2 heterocycles. The van der Waals surface area contributed by atoms with Crippen LogP contribution in [-0.2, 0) is 11.3 Å². The molecule has 0 saturated carbocycles. The molecule has 4 heteroatoms. The quantitative estimate of drug-likeness (QED) is 0.889. The highest BCUT2D eigenvalue weighted by molar-refractivity contribution is 5.85. The van der Waals surface area contributed by atoms with Gasteiger partial charge in [0.05, 0.1) is 0 Å². The maximum atomic E-state index is 12.5. The van der Waals surface area contributed by atoms with Gasteiger partial charge in [0.25, 0.3) is 0 Å². The van der Waals surface area contributed by atoms with Crippen LogP contribution in [0.5, 0.6) is 0 Å². The average molecular weight is 307 g/mol. The first-order valence-electron chi connectivity index (χ1n) is 8.17. The van der Waals surface area contributed by atoms with Crippen LogP contribution in [0.25, 0.3) is 0 Å². The molecule has 0 aromatic heterocycles. The lowest BCUT2D eigenvalue weighted by molar-refractivity contribution is -0.129. The summed E-state index contributed by atoms with van der Waals surface area (Å²) in [5.74, 6) is 0.415. The first-order chi connectivity index (χ1) is 11.3. The fraction of sp³-hybridized carbons (Fsp3) is 0.316. The van der Waals surface area contributed by atoms with Crippen molar-refractivity contribution in [3.8, 4) is 0 Å². The van der Waals surface area contributed by atoms with Gasteiger partial charge in [-0.05, 0) is 22.3 Å². The summed E-state index contributed by atoms with van der Waals surface area (Å²) < 4.78 is 0. The second-order valence-electron chi connectivity index (χ2n) is 6.32. The standard InChI is InChI=1S/C19H21N3O/c20-11-13-6-7-15-16(10-13)18-19(23)21-8-9-22(18)12-17(15)14-4-2-1-3-5-14/h1-7,10,17-18H,8-9,11-12,20H2,(H,21,23)/t17-,18+/m0/s1. The number of nitrogens with one attached hydrogen (secondary N) is 1. The molecule has 0 radical (unpaired) electrons. The first-order valence-corrected chi connectivity index (χ1v) is 8.17. The zero-order valence-corrected chi connectivity index (χ0v) is 13.0. The van der Waals surface area contributed by atoms with Crippen molar-refractivity contribution in [2.75, 3.05) is 19.6 Å². The molecule has 1 amide bonds. The second kappa shape index (κ2) is 5.80. The lowest BCUT2D eigenvalue weighted by Gasteiger charge is -2.43. The zero-order chi connectivity index (χ0) is 15.8. The Morgan fingerprint density at radius 2 is 1.96 bits per heavy atom. The number of hydrogen-bond donors (Lipinski definition) is 2. The van der Waals surface area contributed by atoms with E-state index in [-0.39, 0.29) is 11.9 Å². The van der Waals surface area contributed by atoms with Crippen LogP contribution in [0.1, 0.15) is 34.2 Å². The molecule has 2 atom stereocenters. The summed E-state index contributed by atoms with van der Waals surface area (Å²) in [6.07, 6.45) is 0. The second-order valence-corrected chi connectivity index (χ2v) is 6.32. The van der Waals surface area contributed by atoms with Gasteiger partial charge in [0.15, 0.2) is 0 Å². The summed E-state index contributed by atoms with van der Waals surface area (Å²) in [7, 11) is 0. The van der Waals surface area contributed by atoms with E-state index in [0.29, 0.717) is 12.5 Å². The van der Waals surface area contributed by atoms with Gasteiger partial charge in [-0.15, -0.1) is 0 Å². The number of rotatable bonds is 2. The van der Waals surface area contributed by atoms with E-state index in [0.717, 1.165) is 30.8 Å². The fourth-order valence-corrected chi connectivity index (χ4v) is 3.86. The van der Waals surface area contributed by atoms with Crippen LogP contribution in [0.15, 0.2) is 48.5 Å². The van der Waals surface area contributed by atoms with Crippen molar-refractivity contribution >= 4 is 5.91 Å². The van der Waals surface area contributed by atoms with Gasteiger partial charge < -0.3 is 11.1 Å². The van der Waals surface area contributed by atoms with E-state index in [1.165, 1.54) is 11.1 Å². The summed E-state index contributed by atoms with van der Waals surface area (Å²) in [4.78, 5) is 14.8. The van der Waals surface area contributed by atoms with Crippen molar-refractivity contribution in [2.24, 2.45) is 5.73 Å². The first kappa shape index (κ1) is 14.4. The smallest absolute Gasteiger partial charge is 0.242 e. The Hall–Kier alpha value is -2.17. The van der Waals surface area contributed by atoms with Crippen molar-refractivity contribution < 1.29 is 4.79 Å². The number of carbonyl (C=O) groups is 1. The highest BCUT2D eigenvalue weighted by atomic mass is 16.2. The molecule has 4 rings (SSSR count). The molecule has 3 N–H and O–H groups in total. The van der Waals surface area contributed by atoms with Crippen molar-refractivity contribution in [1.29, 1.82) is 0 Å². The Balaban J connectivity index is 1.85. The van der Waals surface area contributed by atoms with Crippen LogP contribution in [0.3, 0.4) is 0 Å². The fourth-order valence-electron chi connectivity index (χ4n) is 3.86. The van der Waals surface area contributed by atoms with E-state index in [2.05, 4.69) is 52.7 Å². The predicted octanol–water partition coefficient (Wildman–Crippen LogP) is 1.76. The van der Waals surface area contributed by atoms with Gasteiger partial charge in [-0.1, -0.05) is 48.5 Å². The number of benzene rings is 2. The van der Waals surface area contributed by atoms with Crippen molar-refractivity contribution in [1.82, 2.24) is 10.2 Å². The lowest BCUT2D eigenvalue weighted by Crippen LogP contribution is -2.53. The van der Waals surface area contributed by atoms with Crippen LogP contribution in [0, 0.1) is 0 Å². The SMILES string of the molecule is NCc1ccc2c(c1)[C@@H]1C(=O)NCCN1C[C@H]2c1ccccc1. The minimum atomic E-state index is -0.176. The van der Waals surface area contributed by atoms with E-state index in [9.17, 15) is 4.79 Å². The maximum absolute atomic E-state index is 12.5. The van der Waals surface area contributed by atoms with Crippen molar-refractivity contribution in [3.63, 3.8) is 0 Å². The highest BCUT2D eigenvalue weighted by Gasteiger charge is 2.39. The number of carbonyl (C=O) groups excluding carboxylic acids is 1. The highest BCUT2D eigenvalue weighted by Crippen LogP contribution is 2.40. The van der Waals surface area contributed by atoms with Gasteiger partial charge in [-0.2, -0.15) is 0 Å². The maximum Gasteiger partial charge on any atom is 0.242 e. The number of nitrogens with zero attached hydrogens (tertiary/aromatic N) is 1. The Bertz CT molecular complexity index is 729. The van der Waals surface area contributed by atoms with Gasteiger partial charge in [0.1, 0.15) is 6.04 Å². The molecule has 2 aliphatic heterocycles. The number of fused-ring (bicyclic) bond motifs is 3. The monoisotopic (exact) mass is 307 g/mol. The number of amides is 1. The normalized spacial score (nSPS) is 23.8. The van der Waals surface area contributed by atoms with Gasteiger partial charge in [-0.3, -0.25) is 9.69 Å². The Morgan fingerprint density at radius 1 is 1.13 bits per heavy atom.